The van der Waals surface area contributed by atoms with Crippen LogP contribution in [0.3, 0.4) is 0 Å². The number of halogens is 1. The standard InChI is InChI=1S/C25H20FN3O4S/c1-13-4-5-16(24(32)33)12-21(13)28-14(2)10-17(15(28)3)11-20-22(30)27-25(34)29(23(20)31)19-8-6-18(26)7-9-19/h4-12H,1-3H3,(H,32,33)(H,27,30,34). The third kappa shape index (κ3) is 4.01. The summed E-state index contributed by atoms with van der Waals surface area (Å²) in [4.78, 5) is 38.5. The van der Waals surface area contributed by atoms with Gasteiger partial charge in [0.15, 0.2) is 5.11 Å². The summed E-state index contributed by atoms with van der Waals surface area (Å²) < 4.78 is 15.2. The zero-order chi connectivity index (χ0) is 24.7. The minimum Gasteiger partial charge on any atom is -0.478 e. The summed E-state index contributed by atoms with van der Waals surface area (Å²) in [5.41, 5.74) is 4.03. The largest absolute Gasteiger partial charge is 0.478 e. The molecule has 0 aliphatic carbocycles. The van der Waals surface area contributed by atoms with Crippen molar-refractivity contribution < 1.29 is 23.9 Å². The van der Waals surface area contributed by atoms with Crippen LogP contribution >= 0.6 is 12.2 Å². The molecule has 1 fully saturated rings. The van der Waals surface area contributed by atoms with E-state index in [-0.39, 0.29) is 16.2 Å². The number of aromatic nitrogens is 1. The summed E-state index contributed by atoms with van der Waals surface area (Å²) in [6.07, 6.45) is 1.48. The van der Waals surface area contributed by atoms with E-state index in [1.807, 2.05) is 31.4 Å². The molecule has 1 saturated heterocycles. The quantitative estimate of drug-likeness (QED) is 0.336. The molecule has 2 amide bonds. The summed E-state index contributed by atoms with van der Waals surface area (Å²) in [6.45, 7) is 5.54. The Bertz CT molecular complexity index is 1410. The first kappa shape index (κ1) is 23.1. The van der Waals surface area contributed by atoms with Crippen molar-refractivity contribution in [3.8, 4) is 5.69 Å². The van der Waals surface area contributed by atoms with E-state index in [1.165, 1.54) is 36.4 Å². The zero-order valence-electron chi connectivity index (χ0n) is 18.5. The van der Waals surface area contributed by atoms with Crippen LogP contribution in [0.15, 0.2) is 54.1 Å². The van der Waals surface area contributed by atoms with Crippen molar-refractivity contribution in [2.45, 2.75) is 20.8 Å². The maximum absolute atomic E-state index is 13.3. The van der Waals surface area contributed by atoms with Crippen molar-refractivity contribution in [2.24, 2.45) is 0 Å². The number of hydrogen-bond donors (Lipinski definition) is 2. The van der Waals surface area contributed by atoms with E-state index in [4.69, 9.17) is 12.2 Å². The number of thiocarbonyl (C=S) groups is 1. The fourth-order valence-electron chi connectivity index (χ4n) is 3.93. The maximum atomic E-state index is 13.3. The van der Waals surface area contributed by atoms with Gasteiger partial charge in [0.25, 0.3) is 11.8 Å². The Balaban J connectivity index is 1.79. The molecule has 0 radical (unpaired) electrons. The molecule has 0 unspecified atom stereocenters. The van der Waals surface area contributed by atoms with Gasteiger partial charge in [0.05, 0.1) is 11.3 Å². The van der Waals surface area contributed by atoms with Gasteiger partial charge in [0.2, 0.25) is 0 Å². The van der Waals surface area contributed by atoms with Crippen molar-refractivity contribution in [1.29, 1.82) is 0 Å². The van der Waals surface area contributed by atoms with Gasteiger partial charge in [-0.15, -0.1) is 0 Å². The van der Waals surface area contributed by atoms with Crippen LogP contribution in [0.25, 0.3) is 11.8 Å². The first-order valence-electron chi connectivity index (χ1n) is 10.3. The van der Waals surface area contributed by atoms with E-state index in [2.05, 4.69) is 5.32 Å². The van der Waals surface area contributed by atoms with Crippen LogP contribution in [0.4, 0.5) is 10.1 Å². The Morgan fingerprint density at radius 2 is 1.74 bits per heavy atom. The molecule has 3 aromatic rings. The zero-order valence-corrected chi connectivity index (χ0v) is 19.4. The molecule has 4 rings (SSSR count). The van der Waals surface area contributed by atoms with Crippen LogP contribution in [0.5, 0.6) is 0 Å². The number of carbonyl (C=O) groups excluding carboxylic acids is 2. The first-order valence-corrected chi connectivity index (χ1v) is 10.7. The number of anilines is 1. The maximum Gasteiger partial charge on any atom is 0.335 e. The van der Waals surface area contributed by atoms with Gasteiger partial charge in [-0.3, -0.25) is 19.8 Å². The number of rotatable bonds is 4. The Hall–Kier alpha value is -4.11. The Morgan fingerprint density at radius 1 is 1.06 bits per heavy atom. The summed E-state index contributed by atoms with van der Waals surface area (Å²) in [5, 5.41) is 11.8. The predicted molar refractivity (Wildman–Crippen MR) is 130 cm³/mol. The molecule has 0 bridgehead atoms. The van der Waals surface area contributed by atoms with Crippen molar-refractivity contribution >= 4 is 46.9 Å². The molecule has 7 nitrogen and oxygen atoms in total. The van der Waals surface area contributed by atoms with Crippen LogP contribution < -0.4 is 10.2 Å². The lowest BCUT2D eigenvalue weighted by molar-refractivity contribution is -0.122. The second-order valence-corrected chi connectivity index (χ2v) is 8.29. The van der Waals surface area contributed by atoms with Gasteiger partial charge in [-0.2, -0.15) is 0 Å². The Kier molecular flexibility index (Phi) is 5.89. The normalized spacial score (nSPS) is 15.1. The highest BCUT2D eigenvalue weighted by Gasteiger charge is 2.34. The van der Waals surface area contributed by atoms with E-state index in [0.29, 0.717) is 16.9 Å². The molecule has 34 heavy (non-hydrogen) atoms. The Morgan fingerprint density at radius 3 is 2.38 bits per heavy atom. The minimum absolute atomic E-state index is 0.0923. The molecule has 1 aliphatic rings. The molecule has 172 valence electrons. The highest BCUT2D eigenvalue weighted by molar-refractivity contribution is 7.80. The second kappa shape index (κ2) is 8.68. The number of carbonyl (C=O) groups is 3. The number of nitrogens with one attached hydrogen (secondary N) is 1. The van der Waals surface area contributed by atoms with Crippen LogP contribution in [-0.2, 0) is 9.59 Å². The molecule has 0 atom stereocenters. The van der Waals surface area contributed by atoms with Gasteiger partial charge in [0, 0.05) is 17.1 Å². The molecule has 1 aliphatic heterocycles. The molecule has 2 heterocycles. The molecular formula is C25H20FN3O4S. The number of aryl methyl sites for hydroxylation is 2. The van der Waals surface area contributed by atoms with Crippen LogP contribution in [0.1, 0.15) is 32.9 Å². The molecule has 9 heteroatoms. The minimum atomic E-state index is -1.03. The van der Waals surface area contributed by atoms with Gasteiger partial charge < -0.3 is 9.67 Å². The number of benzene rings is 2. The monoisotopic (exact) mass is 477 g/mol. The lowest BCUT2D eigenvalue weighted by Gasteiger charge is -2.28. The number of aromatic carboxylic acids is 1. The number of carboxylic acids is 1. The van der Waals surface area contributed by atoms with Crippen molar-refractivity contribution in [2.75, 3.05) is 4.90 Å². The molecule has 0 saturated carbocycles. The summed E-state index contributed by atoms with van der Waals surface area (Å²) in [6, 6.07) is 11.9. The smallest absolute Gasteiger partial charge is 0.335 e. The first-order chi connectivity index (χ1) is 16.1. The highest BCUT2D eigenvalue weighted by atomic mass is 32.1. The topological polar surface area (TPSA) is 91.6 Å². The molecule has 2 aromatic carbocycles. The van der Waals surface area contributed by atoms with Gasteiger partial charge in [-0.25, -0.2) is 9.18 Å². The van der Waals surface area contributed by atoms with Crippen LogP contribution in [-0.4, -0.2) is 32.6 Å². The number of hydrogen-bond acceptors (Lipinski definition) is 4. The lowest BCUT2D eigenvalue weighted by atomic mass is 10.1. The third-order valence-electron chi connectivity index (χ3n) is 5.65. The molecule has 2 N–H and O–H groups in total. The van der Waals surface area contributed by atoms with Crippen molar-refractivity contribution in [3.63, 3.8) is 0 Å². The highest BCUT2D eigenvalue weighted by Crippen LogP contribution is 2.28. The molecular weight excluding hydrogens is 457 g/mol. The Labute approximate surface area is 200 Å². The molecule has 1 aromatic heterocycles. The summed E-state index contributed by atoms with van der Waals surface area (Å²) >= 11 is 5.18. The SMILES string of the molecule is Cc1ccc(C(=O)O)cc1-n1c(C)cc(C=C2C(=O)NC(=S)N(c3ccc(F)cc3)C2=O)c1C. The average molecular weight is 478 g/mol. The summed E-state index contributed by atoms with van der Waals surface area (Å²) in [7, 11) is 0. The van der Waals surface area contributed by atoms with Crippen molar-refractivity contribution in [1.82, 2.24) is 9.88 Å². The predicted octanol–water partition coefficient (Wildman–Crippen LogP) is 4.07. The van der Waals surface area contributed by atoms with Crippen molar-refractivity contribution in [3.05, 3.63) is 88.0 Å². The van der Waals surface area contributed by atoms with Gasteiger partial charge in [-0.05, 0) is 92.7 Å². The summed E-state index contributed by atoms with van der Waals surface area (Å²) in [5.74, 6) is -2.77. The van der Waals surface area contributed by atoms with Gasteiger partial charge in [-0.1, -0.05) is 6.07 Å². The van der Waals surface area contributed by atoms with E-state index >= 15 is 0 Å². The van der Waals surface area contributed by atoms with E-state index in [9.17, 15) is 23.9 Å². The number of carboxylic acid groups (broad SMARTS) is 1. The van der Waals surface area contributed by atoms with Gasteiger partial charge >= 0.3 is 5.97 Å². The van der Waals surface area contributed by atoms with E-state index in [0.717, 1.165) is 21.9 Å². The third-order valence-corrected chi connectivity index (χ3v) is 5.94. The van der Waals surface area contributed by atoms with Crippen LogP contribution in [0, 0.1) is 26.6 Å². The van der Waals surface area contributed by atoms with E-state index < -0.39 is 23.6 Å². The average Bonchev–Trinajstić information content (AvgIpc) is 3.05. The number of nitrogens with zero attached hydrogens (tertiary/aromatic N) is 2. The lowest BCUT2D eigenvalue weighted by Crippen LogP contribution is -2.54. The number of amides is 2. The molecule has 0 spiro atoms. The fourth-order valence-corrected chi connectivity index (χ4v) is 4.21. The second-order valence-electron chi connectivity index (χ2n) is 7.90. The van der Waals surface area contributed by atoms with E-state index in [1.54, 1.807) is 12.1 Å². The fraction of sp³-hybridized carbons (Fsp3) is 0.120. The van der Waals surface area contributed by atoms with Gasteiger partial charge in [0.1, 0.15) is 11.4 Å². The van der Waals surface area contributed by atoms with Crippen LogP contribution in [0.2, 0.25) is 0 Å².